The Bertz CT molecular complexity index is 1340. The number of carbonyl (C=O) groups excluding carboxylic acids is 3. The van der Waals surface area contributed by atoms with E-state index in [1.165, 1.54) is 11.1 Å². The molecule has 0 bridgehead atoms. The van der Waals surface area contributed by atoms with E-state index in [1.54, 1.807) is 39.0 Å². The van der Waals surface area contributed by atoms with Crippen molar-refractivity contribution in [1.29, 1.82) is 0 Å². The van der Waals surface area contributed by atoms with Crippen LogP contribution in [-0.4, -0.2) is 47.6 Å². The van der Waals surface area contributed by atoms with Crippen LogP contribution in [-0.2, 0) is 25.2 Å². The SMILES string of the molecule is CC(C)(C)OC(=O)c1ccc(NC(=O)c2ccc3c(c2)C(C)(C)CCC3(C)C)cc1OCCCNC(=O)CCC(=O)O. The second-order valence-corrected chi connectivity index (χ2v) is 13.1. The Balaban J connectivity index is 1.75. The lowest BCUT2D eigenvalue weighted by atomic mass is 9.63. The number of esters is 1. The summed E-state index contributed by atoms with van der Waals surface area (Å²) in [7, 11) is 0. The predicted octanol–water partition coefficient (Wildman–Crippen LogP) is 5.99. The van der Waals surface area contributed by atoms with E-state index in [2.05, 4.69) is 44.4 Å². The van der Waals surface area contributed by atoms with Crippen LogP contribution in [0.4, 0.5) is 5.69 Å². The zero-order valence-electron chi connectivity index (χ0n) is 25.8. The molecule has 1 aliphatic carbocycles. The summed E-state index contributed by atoms with van der Waals surface area (Å²) in [5.74, 6) is -1.97. The standard InChI is InChI=1S/C33H44N2O7/c1-31(2,3)42-30(40)23-11-10-22(20-26(23)41-18-8-17-34-27(36)13-14-28(37)38)35-29(39)21-9-12-24-25(19-21)33(6,7)16-15-32(24,4)5/h9-12,19-20H,8,13-18H2,1-7H3,(H,34,36)(H,35,39)(H,37,38). The van der Waals surface area contributed by atoms with Gasteiger partial charge in [0.05, 0.1) is 13.0 Å². The highest BCUT2D eigenvalue weighted by Crippen LogP contribution is 2.46. The van der Waals surface area contributed by atoms with Crippen LogP contribution in [0.3, 0.4) is 0 Å². The lowest BCUT2D eigenvalue weighted by molar-refractivity contribution is -0.138. The fraction of sp³-hybridized carbons (Fsp3) is 0.515. The van der Waals surface area contributed by atoms with Gasteiger partial charge in [-0.15, -0.1) is 0 Å². The number of benzene rings is 2. The largest absolute Gasteiger partial charge is 0.493 e. The van der Waals surface area contributed by atoms with Crippen LogP contribution in [0.2, 0.25) is 0 Å². The van der Waals surface area contributed by atoms with Crippen molar-refractivity contribution in [3.8, 4) is 5.75 Å². The third-order valence-electron chi connectivity index (χ3n) is 7.44. The molecule has 0 atom stereocenters. The van der Waals surface area contributed by atoms with E-state index >= 15 is 0 Å². The fourth-order valence-electron chi connectivity index (χ4n) is 4.95. The Morgan fingerprint density at radius 3 is 2.21 bits per heavy atom. The number of ether oxygens (including phenoxy) is 2. The molecule has 9 nitrogen and oxygen atoms in total. The van der Waals surface area contributed by atoms with Crippen molar-refractivity contribution >= 4 is 29.4 Å². The predicted molar refractivity (Wildman–Crippen MR) is 161 cm³/mol. The fourth-order valence-corrected chi connectivity index (χ4v) is 4.95. The molecule has 0 unspecified atom stereocenters. The van der Waals surface area contributed by atoms with Crippen LogP contribution in [0.25, 0.3) is 0 Å². The molecule has 0 aromatic heterocycles. The highest BCUT2D eigenvalue weighted by atomic mass is 16.6. The molecule has 2 amide bonds. The maximum absolute atomic E-state index is 13.3. The summed E-state index contributed by atoms with van der Waals surface area (Å²) in [5, 5.41) is 14.3. The minimum absolute atomic E-state index is 0.0348. The number of carboxylic acid groups (broad SMARTS) is 1. The van der Waals surface area contributed by atoms with Gasteiger partial charge in [-0.25, -0.2) is 4.79 Å². The van der Waals surface area contributed by atoms with E-state index in [0.29, 0.717) is 17.7 Å². The Kier molecular flexibility index (Phi) is 10.1. The number of nitrogens with one attached hydrogen (secondary N) is 2. The molecular weight excluding hydrogens is 536 g/mol. The Morgan fingerprint density at radius 2 is 1.57 bits per heavy atom. The quantitative estimate of drug-likeness (QED) is 0.220. The van der Waals surface area contributed by atoms with Gasteiger partial charge in [0.15, 0.2) is 0 Å². The summed E-state index contributed by atoms with van der Waals surface area (Å²) in [6, 6.07) is 10.7. The average Bonchev–Trinajstić information content (AvgIpc) is 2.89. The van der Waals surface area contributed by atoms with Crippen molar-refractivity contribution in [1.82, 2.24) is 5.32 Å². The lowest BCUT2D eigenvalue weighted by Gasteiger charge is -2.42. The molecule has 2 aromatic carbocycles. The second kappa shape index (κ2) is 13.0. The summed E-state index contributed by atoms with van der Waals surface area (Å²) in [4.78, 5) is 48.6. The van der Waals surface area contributed by atoms with Gasteiger partial charge in [0, 0.05) is 30.3 Å². The number of anilines is 1. The van der Waals surface area contributed by atoms with Crippen LogP contribution in [0.15, 0.2) is 36.4 Å². The third kappa shape index (κ3) is 8.81. The number of carboxylic acids is 1. The van der Waals surface area contributed by atoms with Gasteiger partial charge in [-0.2, -0.15) is 0 Å². The number of fused-ring (bicyclic) bond motifs is 1. The van der Waals surface area contributed by atoms with E-state index in [9.17, 15) is 19.2 Å². The lowest BCUT2D eigenvalue weighted by Crippen LogP contribution is -2.34. The molecule has 42 heavy (non-hydrogen) atoms. The van der Waals surface area contributed by atoms with Gasteiger partial charge in [0.1, 0.15) is 16.9 Å². The first kappa shape index (κ1) is 32.6. The zero-order valence-corrected chi connectivity index (χ0v) is 25.8. The van der Waals surface area contributed by atoms with E-state index in [0.717, 1.165) is 12.8 Å². The van der Waals surface area contributed by atoms with Crippen LogP contribution in [0, 0.1) is 0 Å². The number of carbonyl (C=O) groups is 4. The van der Waals surface area contributed by atoms with Gasteiger partial charge in [0.2, 0.25) is 5.91 Å². The minimum Gasteiger partial charge on any atom is -0.493 e. The molecule has 3 N–H and O–H groups in total. The first-order chi connectivity index (χ1) is 19.5. The van der Waals surface area contributed by atoms with Gasteiger partial charge in [0.25, 0.3) is 5.91 Å². The topological polar surface area (TPSA) is 131 Å². The highest BCUT2D eigenvalue weighted by molar-refractivity contribution is 6.05. The molecule has 9 heteroatoms. The summed E-state index contributed by atoms with van der Waals surface area (Å²) in [6.45, 7) is 14.7. The van der Waals surface area contributed by atoms with Crippen LogP contribution < -0.4 is 15.4 Å². The number of rotatable bonds is 11. The maximum Gasteiger partial charge on any atom is 0.342 e. The summed E-state index contributed by atoms with van der Waals surface area (Å²) >= 11 is 0. The minimum atomic E-state index is -1.03. The Hall–Kier alpha value is -3.88. The van der Waals surface area contributed by atoms with E-state index in [4.69, 9.17) is 14.6 Å². The molecule has 0 aliphatic heterocycles. The summed E-state index contributed by atoms with van der Waals surface area (Å²) in [5.41, 5.74) is 2.98. The molecule has 0 spiro atoms. The van der Waals surface area contributed by atoms with Crippen molar-refractivity contribution in [2.45, 2.75) is 97.0 Å². The monoisotopic (exact) mass is 580 g/mol. The van der Waals surface area contributed by atoms with Crippen LogP contribution >= 0.6 is 0 Å². The van der Waals surface area contributed by atoms with Crippen LogP contribution in [0.1, 0.15) is 112 Å². The molecule has 0 radical (unpaired) electrons. The molecule has 2 aromatic rings. The molecule has 0 saturated carbocycles. The number of amides is 2. The van der Waals surface area contributed by atoms with Crippen molar-refractivity contribution in [3.05, 3.63) is 58.7 Å². The Labute approximate surface area is 248 Å². The Morgan fingerprint density at radius 1 is 0.905 bits per heavy atom. The van der Waals surface area contributed by atoms with Crippen molar-refractivity contribution in [2.75, 3.05) is 18.5 Å². The van der Waals surface area contributed by atoms with Crippen molar-refractivity contribution in [3.63, 3.8) is 0 Å². The smallest absolute Gasteiger partial charge is 0.342 e. The molecule has 1 aliphatic rings. The van der Waals surface area contributed by atoms with Crippen LogP contribution in [0.5, 0.6) is 5.75 Å². The van der Waals surface area contributed by atoms with Crippen molar-refractivity contribution < 1.29 is 33.8 Å². The second-order valence-electron chi connectivity index (χ2n) is 13.1. The van der Waals surface area contributed by atoms with Gasteiger partial charge in [-0.3, -0.25) is 14.4 Å². The van der Waals surface area contributed by atoms with Gasteiger partial charge in [-0.1, -0.05) is 33.8 Å². The molecule has 0 fully saturated rings. The number of hydrogen-bond donors (Lipinski definition) is 3. The molecular formula is C33H44N2O7. The molecule has 0 saturated heterocycles. The zero-order chi connectivity index (χ0) is 31.3. The summed E-state index contributed by atoms with van der Waals surface area (Å²) in [6.07, 6.45) is 2.21. The van der Waals surface area contributed by atoms with E-state index in [1.807, 2.05) is 12.1 Å². The van der Waals surface area contributed by atoms with Gasteiger partial charge in [-0.05, 0) is 86.3 Å². The average molecular weight is 581 g/mol. The van der Waals surface area contributed by atoms with E-state index < -0.39 is 17.5 Å². The number of aliphatic carboxylic acids is 1. The highest BCUT2D eigenvalue weighted by Gasteiger charge is 2.37. The van der Waals surface area contributed by atoms with Gasteiger partial charge >= 0.3 is 11.9 Å². The van der Waals surface area contributed by atoms with E-state index in [-0.39, 0.29) is 60.0 Å². The first-order valence-electron chi connectivity index (χ1n) is 14.4. The number of hydrogen-bond acceptors (Lipinski definition) is 6. The molecule has 228 valence electrons. The molecule has 3 rings (SSSR count). The maximum atomic E-state index is 13.3. The third-order valence-corrected chi connectivity index (χ3v) is 7.44. The molecule has 0 heterocycles. The van der Waals surface area contributed by atoms with Crippen molar-refractivity contribution in [2.24, 2.45) is 0 Å². The van der Waals surface area contributed by atoms with Gasteiger partial charge < -0.3 is 25.2 Å². The first-order valence-corrected chi connectivity index (χ1v) is 14.4. The normalized spacial score (nSPS) is 15.2. The summed E-state index contributed by atoms with van der Waals surface area (Å²) < 4.78 is 11.4.